The number of carbonyl (C=O) groups is 1. The minimum absolute atomic E-state index is 0.235. The van der Waals surface area contributed by atoms with E-state index in [1.807, 2.05) is 0 Å². The summed E-state index contributed by atoms with van der Waals surface area (Å²) >= 11 is 3.00. The third kappa shape index (κ3) is 3.15. The second-order valence-corrected chi connectivity index (χ2v) is 5.53. The monoisotopic (exact) mass is 351 g/mol. The molecule has 1 unspecified atom stereocenters. The Morgan fingerprint density at radius 3 is 2.75 bits per heavy atom. The molecule has 1 saturated heterocycles. The molecule has 7 heteroatoms. The number of benzene rings is 1. The van der Waals surface area contributed by atoms with Crippen molar-refractivity contribution >= 4 is 21.8 Å². The van der Waals surface area contributed by atoms with Crippen molar-refractivity contribution in [1.29, 1.82) is 0 Å². The van der Waals surface area contributed by atoms with Gasteiger partial charge < -0.3 is 9.64 Å². The van der Waals surface area contributed by atoms with Gasteiger partial charge in [-0.3, -0.25) is 4.79 Å². The lowest BCUT2D eigenvalue weighted by atomic mass is 10.0. The molecule has 1 aromatic rings. The minimum atomic E-state index is -4.57. The molecule has 1 amide bonds. The summed E-state index contributed by atoms with van der Waals surface area (Å²) in [5.41, 5.74) is -1.25. The van der Waals surface area contributed by atoms with Crippen molar-refractivity contribution < 1.29 is 22.7 Å². The van der Waals surface area contributed by atoms with Crippen molar-refractivity contribution in [3.8, 4) is 0 Å². The molecule has 0 saturated carbocycles. The van der Waals surface area contributed by atoms with Crippen LogP contribution in [0.5, 0.6) is 0 Å². The maximum Gasteiger partial charge on any atom is 0.417 e. The fourth-order valence-electron chi connectivity index (χ4n) is 2.12. The highest BCUT2D eigenvalue weighted by atomic mass is 79.9. The molecule has 1 fully saturated rings. The third-order valence-corrected chi connectivity index (χ3v) is 3.64. The Kier molecular flexibility index (Phi) is 4.39. The van der Waals surface area contributed by atoms with Gasteiger partial charge in [0.15, 0.2) is 0 Å². The van der Waals surface area contributed by atoms with E-state index >= 15 is 0 Å². The van der Waals surface area contributed by atoms with E-state index in [-0.39, 0.29) is 16.1 Å². The molecule has 0 aromatic heterocycles. The Balaban J connectivity index is 2.39. The predicted molar refractivity (Wildman–Crippen MR) is 70.5 cm³/mol. The van der Waals surface area contributed by atoms with Gasteiger partial charge in [0.1, 0.15) is 0 Å². The number of morpholine rings is 1. The number of nitrogens with zero attached hydrogens (tertiary/aromatic N) is 1. The number of alkyl halides is 3. The van der Waals surface area contributed by atoms with Gasteiger partial charge >= 0.3 is 6.18 Å². The zero-order chi connectivity index (χ0) is 14.9. The molecule has 1 aromatic carbocycles. The van der Waals surface area contributed by atoms with E-state index in [2.05, 4.69) is 15.9 Å². The number of ether oxygens (including phenoxy) is 1. The molecular formula is C13H13BrF3NO2. The molecule has 110 valence electrons. The fourth-order valence-corrected chi connectivity index (χ4v) is 2.48. The summed E-state index contributed by atoms with van der Waals surface area (Å²) in [6, 6.07) is 3.34. The molecule has 2 rings (SSSR count). The molecule has 3 nitrogen and oxygen atoms in total. The number of hydrogen-bond donors (Lipinski definition) is 0. The van der Waals surface area contributed by atoms with Crippen LogP contribution in [0.15, 0.2) is 22.7 Å². The quantitative estimate of drug-likeness (QED) is 0.776. The van der Waals surface area contributed by atoms with Crippen LogP contribution in [0.4, 0.5) is 13.2 Å². The summed E-state index contributed by atoms with van der Waals surface area (Å²) in [5.74, 6) is -0.611. The molecule has 1 heterocycles. The summed E-state index contributed by atoms with van der Waals surface area (Å²) in [7, 11) is 0. The van der Waals surface area contributed by atoms with E-state index in [9.17, 15) is 18.0 Å². The van der Waals surface area contributed by atoms with Crippen LogP contribution in [-0.2, 0) is 10.9 Å². The number of hydrogen-bond acceptors (Lipinski definition) is 2. The van der Waals surface area contributed by atoms with Gasteiger partial charge in [0.2, 0.25) is 0 Å². The highest BCUT2D eigenvalue weighted by Crippen LogP contribution is 2.34. The molecule has 1 aliphatic rings. The predicted octanol–water partition coefficient (Wildman–Crippen LogP) is 3.33. The van der Waals surface area contributed by atoms with Crippen LogP contribution < -0.4 is 0 Å². The normalized spacial score (nSPS) is 20.1. The van der Waals surface area contributed by atoms with Crippen LogP contribution in [0.25, 0.3) is 0 Å². The number of amides is 1. The summed E-state index contributed by atoms with van der Waals surface area (Å²) in [4.78, 5) is 13.8. The Morgan fingerprint density at radius 1 is 1.45 bits per heavy atom. The van der Waals surface area contributed by atoms with E-state index < -0.39 is 17.6 Å². The van der Waals surface area contributed by atoms with Gasteiger partial charge in [0.25, 0.3) is 5.91 Å². The zero-order valence-electron chi connectivity index (χ0n) is 10.7. The maximum atomic E-state index is 13.0. The lowest BCUT2D eigenvalue weighted by molar-refractivity contribution is -0.138. The van der Waals surface area contributed by atoms with E-state index in [0.717, 1.165) is 6.07 Å². The van der Waals surface area contributed by atoms with Crippen LogP contribution in [0.3, 0.4) is 0 Å². The summed E-state index contributed by atoms with van der Waals surface area (Å²) in [6.07, 6.45) is -4.57. The molecule has 20 heavy (non-hydrogen) atoms. The van der Waals surface area contributed by atoms with Crippen molar-refractivity contribution in [3.05, 3.63) is 33.8 Å². The standard InChI is InChI=1S/C13H13BrF3NO2/c1-8-7-20-5-4-18(8)12(19)10-3-2-9(14)6-11(10)13(15,16)17/h2-3,6,8H,4-5,7H2,1H3. The summed E-state index contributed by atoms with van der Waals surface area (Å²) in [5, 5.41) is 0. The number of carbonyl (C=O) groups excluding carboxylic acids is 1. The molecule has 1 atom stereocenters. The van der Waals surface area contributed by atoms with Crippen LogP contribution in [0, 0.1) is 0 Å². The zero-order valence-corrected chi connectivity index (χ0v) is 12.3. The molecule has 1 aliphatic heterocycles. The Morgan fingerprint density at radius 2 is 2.15 bits per heavy atom. The third-order valence-electron chi connectivity index (χ3n) is 3.15. The summed E-state index contributed by atoms with van der Waals surface area (Å²) < 4.78 is 44.6. The van der Waals surface area contributed by atoms with Gasteiger partial charge in [-0.2, -0.15) is 13.2 Å². The first-order valence-electron chi connectivity index (χ1n) is 6.06. The van der Waals surface area contributed by atoms with Crippen molar-refractivity contribution in [1.82, 2.24) is 4.90 Å². The second-order valence-electron chi connectivity index (χ2n) is 4.61. The molecule has 0 aliphatic carbocycles. The van der Waals surface area contributed by atoms with Crippen LogP contribution in [0.2, 0.25) is 0 Å². The summed E-state index contributed by atoms with van der Waals surface area (Å²) in [6.45, 7) is 2.73. The molecule has 0 N–H and O–H groups in total. The van der Waals surface area contributed by atoms with E-state index in [1.54, 1.807) is 6.92 Å². The number of halogens is 4. The average molecular weight is 352 g/mol. The van der Waals surface area contributed by atoms with E-state index in [0.29, 0.717) is 19.8 Å². The SMILES string of the molecule is CC1COCCN1C(=O)c1ccc(Br)cc1C(F)(F)F. The van der Waals surface area contributed by atoms with E-state index in [4.69, 9.17) is 4.74 Å². The average Bonchev–Trinajstić information content (AvgIpc) is 2.37. The van der Waals surface area contributed by atoms with Crippen LogP contribution >= 0.6 is 15.9 Å². The Labute approximate surface area is 122 Å². The largest absolute Gasteiger partial charge is 0.417 e. The first-order chi connectivity index (χ1) is 9.30. The van der Waals surface area contributed by atoms with Gasteiger partial charge in [-0.25, -0.2) is 0 Å². The topological polar surface area (TPSA) is 29.5 Å². The highest BCUT2D eigenvalue weighted by Gasteiger charge is 2.37. The molecule has 0 radical (unpaired) electrons. The van der Waals surface area contributed by atoms with Gasteiger partial charge in [0, 0.05) is 11.0 Å². The van der Waals surface area contributed by atoms with Crippen molar-refractivity contribution in [2.45, 2.75) is 19.1 Å². The molecule has 0 bridgehead atoms. The van der Waals surface area contributed by atoms with Gasteiger partial charge in [0.05, 0.1) is 30.4 Å². The maximum absolute atomic E-state index is 13.0. The second kappa shape index (κ2) is 5.73. The van der Waals surface area contributed by atoms with Crippen LogP contribution in [0.1, 0.15) is 22.8 Å². The first-order valence-corrected chi connectivity index (χ1v) is 6.85. The lowest BCUT2D eigenvalue weighted by Gasteiger charge is -2.34. The minimum Gasteiger partial charge on any atom is -0.377 e. The smallest absolute Gasteiger partial charge is 0.377 e. The molecular weight excluding hydrogens is 339 g/mol. The van der Waals surface area contributed by atoms with Crippen molar-refractivity contribution in [2.75, 3.05) is 19.8 Å². The van der Waals surface area contributed by atoms with Gasteiger partial charge in [-0.1, -0.05) is 15.9 Å². The Hall–Kier alpha value is -1.08. The Bertz CT molecular complexity index is 519. The van der Waals surface area contributed by atoms with E-state index in [1.165, 1.54) is 17.0 Å². The molecule has 0 spiro atoms. The highest BCUT2D eigenvalue weighted by molar-refractivity contribution is 9.10. The fraction of sp³-hybridized carbons (Fsp3) is 0.462. The first kappa shape index (κ1) is 15.3. The van der Waals surface area contributed by atoms with Crippen LogP contribution in [-0.4, -0.2) is 36.6 Å². The van der Waals surface area contributed by atoms with Gasteiger partial charge in [-0.15, -0.1) is 0 Å². The lowest BCUT2D eigenvalue weighted by Crippen LogP contribution is -2.47. The van der Waals surface area contributed by atoms with Crippen molar-refractivity contribution in [3.63, 3.8) is 0 Å². The van der Waals surface area contributed by atoms with Crippen molar-refractivity contribution in [2.24, 2.45) is 0 Å². The van der Waals surface area contributed by atoms with Gasteiger partial charge in [-0.05, 0) is 25.1 Å². The number of rotatable bonds is 1.